The summed E-state index contributed by atoms with van der Waals surface area (Å²) in [5.41, 5.74) is 1.52. The van der Waals surface area contributed by atoms with Gasteiger partial charge < -0.3 is 20.1 Å². The molecule has 2 N–H and O–H groups in total. The number of benzene rings is 2. The normalized spacial score (nSPS) is 19.1. The molecule has 2 aromatic carbocycles. The molecule has 7 heteroatoms. The van der Waals surface area contributed by atoms with Crippen molar-refractivity contribution in [2.45, 2.75) is 6.04 Å². The number of carbonyl (C=O) groups is 2. The average Bonchev–Trinajstić information content (AvgIpc) is 2.67. The molecule has 2 aromatic rings. The summed E-state index contributed by atoms with van der Waals surface area (Å²) in [6.45, 7) is 3.89. The number of methoxy groups -OCH3 is 2. The quantitative estimate of drug-likeness (QED) is 0.768. The molecule has 0 spiro atoms. The van der Waals surface area contributed by atoms with E-state index in [0.717, 1.165) is 0 Å². The summed E-state index contributed by atoms with van der Waals surface area (Å²) in [6, 6.07) is 10.8. The SMILES string of the molecule is C=C1NC(=O)N[C@H](c2ccc(OC)c(OC)c2)[C@H]1C(=O)c1ccc(Cl)cc1. The van der Waals surface area contributed by atoms with Crippen LogP contribution in [-0.2, 0) is 0 Å². The molecule has 0 unspecified atom stereocenters. The molecule has 0 aliphatic carbocycles. The standard InChI is InChI=1S/C20H19ClN2O4/c1-11-17(19(24)12-4-7-14(21)8-5-12)18(23-20(25)22-11)13-6-9-15(26-2)16(10-13)27-3/h4-10,17-18H,1H2,2-3H3,(H2,22,23,25)/t17-,18+/m0/s1. The van der Waals surface area contributed by atoms with Crippen molar-refractivity contribution in [3.8, 4) is 11.5 Å². The molecule has 140 valence electrons. The monoisotopic (exact) mass is 386 g/mol. The van der Waals surface area contributed by atoms with Gasteiger partial charge >= 0.3 is 6.03 Å². The molecule has 27 heavy (non-hydrogen) atoms. The van der Waals surface area contributed by atoms with Crippen LogP contribution in [0, 0.1) is 5.92 Å². The molecule has 1 heterocycles. The van der Waals surface area contributed by atoms with Gasteiger partial charge in [0, 0.05) is 16.3 Å². The third-order valence-electron chi connectivity index (χ3n) is 4.45. The fraction of sp³-hybridized carbons (Fsp3) is 0.200. The Bertz CT molecular complexity index is 895. The van der Waals surface area contributed by atoms with Gasteiger partial charge in [0.05, 0.1) is 26.2 Å². The van der Waals surface area contributed by atoms with Gasteiger partial charge in [0.25, 0.3) is 0 Å². The summed E-state index contributed by atoms with van der Waals surface area (Å²) in [4.78, 5) is 25.2. The average molecular weight is 387 g/mol. The first-order chi connectivity index (χ1) is 12.9. The van der Waals surface area contributed by atoms with Crippen molar-refractivity contribution in [3.05, 3.63) is 70.9 Å². The zero-order valence-electron chi connectivity index (χ0n) is 14.9. The number of carbonyl (C=O) groups excluding carboxylic acids is 2. The Morgan fingerprint density at radius 2 is 1.74 bits per heavy atom. The Balaban J connectivity index is 2.02. The van der Waals surface area contributed by atoms with E-state index in [-0.39, 0.29) is 5.78 Å². The lowest BCUT2D eigenvalue weighted by Crippen LogP contribution is -2.50. The Morgan fingerprint density at radius 1 is 1.07 bits per heavy atom. The first-order valence-electron chi connectivity index (χ1n) is 8.22. The summed E-state index contributed by atoms with van der Waals surface area (Å²) in [7, 11) is 3.07. The summed E-state index contributed by atoms with van der Waals surface area (Å²) < 4.78 is 10.6. The first-order valence-corrected chi connectivity index (χ1v) is 8.60. The number of Topliss-reactive ketones (excluding diaryl/α,β-unsaturated/α-hetero) is 1. The lowest BCUT2D eigenvalue weighted by Gasteiger charge is -2.34. The highest BCUT2D eigenvalue weighted by molar-refractivity contribution is 6.30. The van der Waals surface area contributed by atoms with Crippen molar-refractivity contribution in [3.63, 3.8) is 0 Å². The number of hydrogen-bond acceptors (Lipinski definition) is 4. The van der Waals surface area contributed by atoms with Gasteiger partial charge in [0.15, 0.2) is 17.3 Å². The largest absolute Gasteiger partial charge is 0.493 e. The lowest BCUT2D eigenvalue weighted by molar-refractivity contribution is 0.0905. The minimum Gasteiger partial charge on any atom is -0.493 e. The van der Waals surface area contributed by atoms with Gasteiger partial charge in [-0.25, -0.2) is 4.79 Å². The number of amides is 2. The van der Waals surface area contributed by atoms with Crippen molar-refractivity contribution in [2.75, 3.05) is 14.2 Å². The minimum absolute atomic E-state index is 0.177. The maximum atomic E-state index is 13.1. The van der Waals surface area contributed by atoms with E-state index >= 15 is 0 Å². The number of hydrogen-bond donors (Lipinski definition) is 2. The number of ketones is 1. The van der Waals surface area contributed by atoms with Crippen LogP contribution in [0.2, 0.25) is 5.02 Å². The van der Waals surface area contributed by atoms with Gasteiger partial charge in [-0.15, -0.1) is 0 Å². The third kappa shape index (κ3) is 3.75. The van der Waals surface area contributed by atoms with Crippen LogP contribution in [0.5, 0.6) is 11.5 Å². The van der Waals surface area contributed by atoms with Crippen LogP contribution < -0.4 is 20.1 Å². The molecular weight excluding hydrogens is 368 g/mol. The molecule has 2 amide bonds. The molecule has 0 saturated carbocycles. The number of ether oxygens (including phenoxy) is 2. The minimum atomic E-state index is -0.693. The predicted molar refractivity (Wildman–Crippen MR) is 102 cm³/mol. The van der Waals surface area contributed by atoms with E-state index in [1.807, 2.05) is 0 Å². The van der Waals surface area contributed by atoms with E-state index in [0.29, 0.717) is 33.3 Å². The number of urea groups is 1. The number of nitrogens with one attached hydrogen (secondary N) is 2. The Labute approximate surface area is 162 Å². The Morgan fingerprint density at radius 3 is 2.37 bits per heavy atom. The summed E-state index contributed by atoms with van der Waals surface area (Å²) >= 11 is 5.91. The van der Waals surface area contributed by atoms with Crippen LogP contribution in [0.4, 0.5) is 4.79 Å². The van der Waals surface area contributed by atoms with Crippen LogP contribution in [0.25, 0.3) is 0 Å². The maximum Gasteiger partial charge on any atom is 0.319 e. The van der Waals surface area contributed by atoms with E-state index in [2.05, 4.69) is 17.2 Å². The van der Waals surface area contributed by atoms with Gasteiger partial charge in [0.1, 0.15) is 0 Å². The van der Waals surface area contributed by atoms with Crippen LogP contribution >= 0.6 is 11.6 Å². The van der Waals surface area contributed by atoms with Crippen LogP contribution in [0.3, 0.4) is 0 Å². The third-order valence-corrected chi connectivity index (χ3v) is 4.70. The molecule has 6 nitrogen and oxygen atoms in total. The second-order valence-corrected chi connectivity index (χ2v) is 6.50. The van der Waals surface area contributed by atoms with Crippen LogP contribution in [0.1, 0.15) is 22.0 Å². The predicted octanol–water partition coefficient (Wildman–Crippen LogP) is 3.72. The van der Waals surface area contributed by atoms with E-state index < -0.39 is 18.0 Å². The van der Waals surface area contributed by atoms with Gasteiger partial charge in [0.2, 0.25) is 0 Å². The molecule has 0 aromatic heterocycles. The van der Waals surface area contributed by atoms with Crippen molar-refractivity contribution in [1.82, 2.24) is 10.6 Å². The molecular formula is C20H19ClN2O4. The molecule has 3 rings (SSSR count). The topological polar surface area (TPSA) is 76.7 Å². The van der Waals surface area contributed by atoms with E-state index in [9.17, 15) is 9.59 Å². The fourth-order valence-electron chi connectivity index (χ4n) is 3.11. The van der Waals surface area contributed by atoms with E-state index in [4.69, 9.17) is 21.1 Å². The highest BCUT2D eigenvalue weighted by Gasteiger charge is 2.38. The van der Waals surface area contributed by atoms with Gasteiger partial charge in [-0.2, -0.15) is 0 Å². The molecule has 2 atom stereocenters. The van der Waals surface area contributed by atoms with Crippen molar-refractivity contribution < 1.29 is 19.1 Å². The van der Waals surface area contributed by atoms with Gasteiger partial charge in [-0.1, -0.05) is 24.2 Å². The summed E-state index contributed by atoms with van der Waals surface area (Å²) in [5, 5.41) is 5.94. The van der Waals surface area contributed by atoms with Gasteiger partial charge in [-0.3, -0.25) is 4.79 Å². The second-order valence-electron chi connectivity index (χ2n) is 6.06. The fourth-order valence-corrected chi connectivity index (χ4v) is 3.24. The Hall–Kier alpha value is -2.99. The summed E-state index contributed by atoms with van der Waals surface area (Å²) in [6.07, 6.45) is 0. The zero-order valence-corrected chi connectivity index (χ0v) is 15.7. The first kappa shape index (κ1) is 18.8. The smallest absolute Gasteiger partial charge is 0.319 e. The molecule has 1 aliphatic heterocycles. The van der Waals surface area contributed by atoms with E-state index in [1.54, 1.807) is 49.6 Å². The van der Waals surface area contributed by atoms with Crippen molar-refractivity contribution in [2.24, 2.45) is 5.92 Å². The molecule has 1 fully saturated rings. The van der Waals surface area contributed by atoms with Crippen LogP contribution in [-0.4, -0.2) is 26.0 Å². The Kier molecular flexibility index (Phi) is 5.37. The van der Waals surface area contributed by atoms with E-state index in [1.165, 1.54) is 7.11 Å². The lowest BCUT2D eigenvalue weighted by atomic mass is 9.83. The summed E-state index contributed by atoms with van der Waals surface area (Å²) in [5.74, 6) is 0.193. The highest BCUT2D eigenvalue weighted by Crippen LogP contribution is 2.36. The molecule has 1 aliphatic rings. The second kappa shape index (κ2) is 7.72. The molecule has 1 saturated heterocycles. The molecule has 0 radical (unpaired) electrons. The van der Waals surface area contributed by atoms with Gasteiger partial charge in [-0.05, 0) is 42.0 Å². The van der Waals surface area contributed by atoms with Crippen molar-refractivity contribution in [1.29, 1.82) is 0 Å². The maximum absolute atomic E-state index is 13.1. The highest BCUT2D eigenvalue weighted by atomic mass is 35.5. The van der Waals surface area contributed by atoms with Crippen molar-refractivity contribution >= 4 is 23.4 Å². The number of rotatable bonds is 5. The van der Waals surface area contributed by atoms with Crippen LogP contribution in [0.15, 0.2) is 54.7 Å². The molecule has 0 bridgehead atoms. The number of halogens is 1. The zero-order chi connectivity index (χ0) is 19.6.